The zero-order valence-corrected chi connectivity index (χ0v) is 16.6. The number of carbonyl (C=O) groups is 1. The number of amides is 1. The fourth-order valence-electron chi connectivity index (χ4n) is 2.43. The molecule has 0 radical (unpaired) electrons. The standard InChI is InChI=1S/C22H29NO4/c1-5-22(2,3)17-6-10-20(11-7-17)27-16-21(24)23-18-8-12-19(13-9-18)26-15-14-25-4/h6-13H,5,14-16H2,1-4H3,(H,23,24). The number of benzene rings is 2. The molecule has 146 valence electrons. The van der Waals surface area contributed by atoms with Crippen LogP contribution in [0.25, 0.3) is 0 Å². The lowest BCUT2D eigenvalue weighted by atomic mass is 9.82. The Hall–Kier alpha value is -2.53. The molecule has 0 aliphatic carbocycles. The molecule has 0 spiro atoms. The Labute approximate surface area is 161 Å². The van der Waals surface area contributed by atoms with Crippen molar-refractivity contribution in [3.05, 3.63) is 54.1 Å². The van der Waals surface area contributed by atoms with E-state index in [1.54, 1.807) is 31.4 Å². The third-order valence-electron chi connectivity index (χ3n) is 4.58. The van der Waals surface area contributed by atoms with E-state index in [-0.39, 0.29) is 17.9 Å². The Kier molecular flexibility index (Phi) is 7.67. The summed E-state index contributed by atoms with van der Waals surface area (Å²) in [5, 5.41) is 2.81. The van der Waals surface area contributed by atoms with Gasteiger partial charge in [-0.2, -0.15) is 0 Å². The van der Waals surface area contributed by atoms with E-state index in [0.717, 1.165) is 12.2 Å². The number of methoxy groups -OCH3 is 1. The van der Waals surface area contributed by atoms with E-state index in [9.17, 15) is 4.79 Å². The molecule has 1 N–H and O–H groups in total. The van der Waals surface area contributed by atoms with E-state index in [1.165, 1.54) is 5.56 Å². The van der Waals surface area contributed by atoms with Gasteiger partial charge in [0.1, 0.15) is 18.1 Å². The lowest BCUT2D eigenvalue weighted by Gasteiger charge is -2.23. The van der Waals surface area contributed by atoms with Gasteiger partial charge in [0.15, 0.2) is 6.61 Å². The highest BCUT2D eigenvalue weighted by atomic mass is 16.5. The molecule has 2 aromatic carbocycles. The largest absolute Gasteiger partial charge is 0.491 e. The summed E-state index contributed by atoms with van der Waals surface area (Å²) in [6.45, 7) is 7.58. The van der Waals surface area contributed by atoms with Crippen LogP contribution in [-0.2, 0) is 14.9 Å². The predicted octanol–water partition coefficient (Wildman–Crippen LogP) is 4.42. The van der Waals surface area contributed by atoms with E-state index < -0.39 is 0 Å². The number of hydrogen-bond acceptors (Lipinski definition) is 4. The average molecular weight is 371 g/mol. The van der Waals surface area contributed by atoms with E-state index in [1.807, 2.05) is 12.1 Å². The van der Waals surface area contributed by atoms with Crippen molar-refractivity contribution >= 4 is 11.6 Å². The fraction of sp³-hybridized carbons (Fsp3) is 0.409. The molecule has 0 atom stereocenters. The highest BCUT2D eigenvalue weighted by molar-refractivity contribution is 5.91. The quantitative estimate of drug-likeness (QED) is 0.628. The van der Waals surface area contributed by atoms with Gasteiger partial charge in [-0.05, 0) is 53.8 Å². The summed E-state index contributed by atoms with van der Waals surface area (Å²) in [6.07, 6.45) is 1.06. The van der Waals surface area contributed by atoms with Crippen LogP contribution in [0, 0.1) is 0 Å². The summed E-state index contributed by atoms with van der Waals surface area (Å²) in [5.41, 5.74) is 2.09. The van der Waals surface area contributed by atoms with Crippen LogP contribution in [0.15, 0.2) is 48.5 Å². The van der Waals surface area contributed by atoms with Gasteiger partial charge in [0.05, 0.1) is 6.61 Å². The van der Waals surface area contributed by atoms with Crippen molar-refractivity contribution < 1.29 is 19.0 Å². The van der Waals surface area contributed by atoms with Crippen molar-refractivity contribution in [3.63, 3.8) is 0 Å². The summed E-state index contributed by atoms with van der Waals surface area (Å²) in [5.74, 6) is 1.21. The fourth-order valence-corrected chi connectivity index (χ4v) is 2.43. The molecule has 0 unspecified atom stereocenters. The van der Waals surface area contributed by atoms with Gasteiger partial charge >= 0.3 is 0 Å². The first kappa shape index (κ1) is 20.8. The van der Waals surface area contributed by atoms with Crippen molar-refractivity contribution in [2.75, 3.05) is 32.2 Å². The van der Waals surface area contributed by atoms with Crippen molar-refractivity contribution in [3.8, 4) is 11.5 Å². The highest BCUT2D eigenvalue weighted by Crippen LogP contribution is 2.28. The van der Waals surface area contributed by atoms with Gasteiger partial charge in [0.25, 0.3) is 5.91 Å². The zero-order chi connectivity index (χ0) is 19.7. The van der Waals surface area contributed by atoms with Crippen LogP contribution in [0.1, 0.15) is 32.8 Å². The van der Waals surface area contributed by atoms with Crippen LogP contribution in [-0.4, -0.2) is 32.8 Å². The first-order valence-electron chi connectivity index (χ1n) is 9.19. The smallest absolute Gasteiger partial charge is 0.262 e. The minimum Gasteiger partial charge on any atom is -0.491 e. The maximum atomic E-state index is 12.1. The number of ether oxygens (including phenoxy) is 3. The molecule has 5 nitrogen and oxygen atoms in total. The number of nitrogens with one attached hydrogen (secondary N) is 1. The van der Waals surface area contributed by atoms with E-state index in [0.29, 0.717) is 24.7 Å². The molecule has 0 bridgehead atoms. The van der Waals surface area contributed by atoms with Gasteiger partial charge in [-0.1, -0.05) is 32.9 Å². The molecule has 27 heavy (non-hydrogen) atoms. The molecule has 0 saturated heterocycles. The van der Waals surface area contributed by atoms with Gasteiger partial charge < -0.3 is 19.5 Å². The normalized spacial score (nSPS) is 11.1. The van der Waals surface area contributed by atoms with Gasteiger partial charge in [-0.25, -0.2) is 0 Å². The first-order valence-corrected chi connectivity index (χ1v) is 9.19. The summed E-state index contributed by atoms with van der Waals surface area (Å²) in [7, 11) is 1.63. The number of carbonyl (C=O) groups excluding carboxylic acids is 1. The number of anilines is 1. The molecule has 0 aliphatic heterocycles. The highest BCUT2D eigenvalue weighted by Gasteiger charge is 2.17. The average Bonchev–Trinajstić information content (AvgIpc) is 2.68. The van der Waals surface area contributed by atoms with Gasteiger partial charge in [0.2, 0.25) is 0 Å². The van der Waals surface area contributed by atoms with E-state index in [4.69, 9.17) is 14.2 Å². The van der Waals surface area contributed by atoms with Crippen LogP contribution < -0.4 is 14.8 Å². The van der Waals surface area contributed by atoms with E-state index >= 15 is 0 Å². The summed E-state index contributed by atoms with van der Waals surface area (Å²) in [6, 6.07) is 15.1. The molecule has 0 saturated carbocycles. The van der Waals surface area contributed by atoms with Crippen molar-refractivity contribution in [1.82, 2.24) is 0 Å². The first-order chi connectivity index (χ1) is 12.9. The Morgan fingerprint density at radius 2 is 1.52 bits per heavy atom. The number of rotatable bonds is 10. The van der Waals surface area contributed by atoms with Crippen LogP contribution in [0.2, 0.25) is 0 Å². The molecule has 2 rings (SSSR count). The molecular weight excluding hydrogens is 342 g/mol. The SMILES string of the molecule is CCC(C)(C)c1ccc(OCC(=O)Nc2ccc(OCCOC)cc2)cc1. The Morgan fingerprint density at radius 1 is 0.926 bits per heavy atom. The zero-order valence-electron chi connectivity index (χ0n) is 16.6. The van der Waals surface area contributed by atoms with Gasteiger partial charge in [0, 0.05) is 12.8 Å². The minimum absolute atomic E-state index is 0.0391. The summed E-state index contributed by atoms with van der Waals surface area (Å²) in [4.78, 5) is 12.1. The molecule has 0 aliphatic rings. The second kappa shape index (κ2) is 9.97. The van der Waals surface area contributed by atoms with Crippen LogP contribution >= 0.6 is 0 Å². The maximum Gasteiger partial charge on any atom is 0.262 e. The lowest BCUT2D eigenvalue weighted by molar-refractivity contribution is -0.118. The van der Waals surface area contributed by atoms with Gasteiger partial charge in [-0.3, -0.25) is 4.79 Å². The molecule has 0 fully saturated rings. The Bertz CT molecular complexity index is 708. The number of hydrogen-bond donors (Lipinski definition) is 1. The second-order valence-corrected chi connectivity index (χ2v) is 6.96. The second-order valence-electron chi connectivity index (χ2n) is 6.96. The third kappa shape index (κ3) is 6.61. The van der Waals surface area contributed by atoms with Crippen LogP contribution in [0.4, 0.5) is 5.69 Å². The van der Waals surface area contributed by atoms with Gasteiger partial charge in [-0.15, -0.1) is 0 Å². The predicted molar refractivity (Wildman–Crippen MR) is 108 cm³/mol. The molecule has 0 aromatic heterocycles. The van der Waals surface area contributed by atoms with E-state index in [2.05, 4.69) is 38.2 Å². The van der Waals surface area contributed by atoms with Crippen molar-refractivity contribution in [1.29, 1.82) is 0 Å². The lowest BCUT2D eigenvalue weighted by Crippen LogP contribution is -2.20. The minimum atomic E-state index is -0.207. The van der Waals surface area contributed by atoms with Crippen molar-refractivity contribution in [2.24, 2.45) is 0 Å². The summed E-state index contributed by atoms with van der Waals surface area (Å²) < 4.78 is 16.0. The Morgan fingerprint density at radius 3 is 2.11 bits per heavy atom. The monoisotopic (exact) mass is 371 g/mol. The third-order valence-corrected chi connectivity index (χ3v) is 4.58. The molecule has 5 heteroatoms. The topological polar surface area (TPSA) is 56.8 Å². The summed E-state index contributed by atoms with van der Waals surface area (Å²) >= 11 is 0. The molecule has 2 aromatic rings. The molecule has 0 heterocycles. The van der Waals surface area contributed by atoms with Crippen molar-refractivity contribution in [2.45, 2.75) is 32.6 Å². The molecule has 1 amide bonds. The van der Waals surface area contributed by atoms with Crippen LogP contribution in [0.3, 0.4) is 0 Å². The van der Waals surface area contributed by atoms with Crippen LogP contribution in [0.5, 0.6) is 11.5 Å². The Balaban J connectivity index is 1.80. The maximum absolute atomic E-state index is 12.1. The molecular formula is C22H29NO4.